The molecule has 2 aliphatic rings. The summed E-state index contributed by atoms with van der Waals surface area (Å²) in [5.74, 6) is 1.60. The fourth-order valence-corrected chi connectivity index (χ4v) is 14.7. The molecule has 13 rings (SSSR count). The van der Waals surface area contributed by atoms with Crippen LogP contribution in [0, 0.1) is 41.5 Å². The SMILES string of the molecule is Cc1cc(C)c(-c2c3nc(c(-c4ccccc4OCCCCCCC(C)(c4ccc[nH]4)c4ccc[nH]4)c4ccc([n-]4)c(-c4c(C)cc(C)cc4C)c4nc(c(-c5ccccc5OCCCCCCC(C)(c5ccc[nH]5)c5ccc[nH]5)c5ccc2[n-]5)C=C4)C=C3)c(C)c1.[Ni+2]. The minimum absolute atomic E-state index is 0. The predicted molar refractivity (Wildman–Crippen MR) is 380 cm³/mol. The number of H-pyrrole nitrogens is 4. The van der Waals surface area contributed by atoms with Crippen molar-refractivity contribution in [2.24, 2.45) is 0 Å². The number of rotatable bonds is 24. The van der Waals surface area contributed by atoms with Crippen molar-refractivity contribution >= 4 is 46.4 Å². The quantitative estimate of drug-likeness (QED) is 0.0351. The molecule has 0 spiro atoms. The monoisotopic (exact) mass is 1270 g/mol. The van der Waals surface area contributed by atoms with E-state index in [1.807, 2.05) is 24.8 Å². The van der Waals surface area contributed by atoms with Crippen molar-refractivity contribution in [1.29, 1.82) is 0 Å². The van der Waals surface area contributed by atoms with E-state index < -0.39 is 0 Å². The Kier molecular flexibility index (Phi) is 19.1. The molecule has 0 unspecified atom stereocenters. The fraction of sp³-hybridized carbons (Fsp3) is 0.268. The largest absolute Gasteiger partial charge is 2.00 e. The molecule has 8 bridgehead atoms. The molecule has 4 aromatic carbocycles. The number of hydrogen-bond donors (Lipinski definition) is 4. The van der Waals surface area contributed by atoms with Gasteiger partial charge in [0.1, 0.15) is 11.5 Å². The second-order valence-electron chi connectivity index (χ2n) is 25.9. The minimum Gasteiger partial charge on any atom is -0.657 e. The van der Waals surface area contributed by atoms with E-state index >= 15 is 0 Å². The maximum absolute atomic E-state index is 6.89. The number of aryl methyl sites for hydroxylation is 6. The van der Waals surface area contributed by atoms with E-state index in [2.05, 4.69) is 245 Å². The average Bonchev–Trinajstić information content (AvgIpc) is 1.66. The topological polar surface area (TPSA) is 136 Å². The molecule has 0 atom stereocenters. The van der Waals surface area contributed by atoms with Crippen LogP contribution in [0.4, 0.5) is 0 Å². The maximum atomic E-state index is 6.89. The first-order chi connectivity index (χ1) is 44.8. The van der Waals surface area contributed by atoms with Gasteiger partial charge < -0.3 is 39.4 Å². The van der Waals surface area contributed by atoms with Crippen molar-refractivity contribution in [3.63, 3.8) is 0 Å². The first-order valence-electron chi connectivity index (χ1n) is 33.1. The van der Waals surface area contributed by atoms with Crippen LogP contribution in [0.2, 0.25) is 0 Å². The second-order valence-corrected chi connectivity index (χ2v) is 25.9. The third-order valence-corrected chi connectivity index (χ3v) is 19.2. The molecule has 93 heavy (non-hydrogen) atoms. The number of ether oxygens (including phenoxy) is 2. The summed E-state index contributed by atoms with van der Waals surface area (Å²) >= 11 is 0. The van der Waals surface area contributed by atoms with E-state index in [-0.39, 0.29) is 27.3 Å². The Hall–Kier alpha value is -9.31. The summed E-state index contributed by atoms with van der Waals surface area (Å²) in [7, 11) is 0. The molecule has 4 N–H and O–H groups in total. The molecule has 0 fully saturated rings. The Morgan fingerprint density at radius 2 is 0.667 bits per heavy atom. The summed E-state index contributed by atoms with van der Waals surface area (Å²) in [6, 6.07) is 51.7. The van der Waals surface area contributed by atoms with Crippen molar-refractivity contribution in [2.45, 2.75) is 130 Å². The molecule has 11 heteroatoms. The summed E-state index contributed by atoms with van der Waals surface area (Å²) in [6.45, 7) is 19.0. The summed E-state index contributed by atoms with van der Waals surface area (Å²) < 4.78 is 13.8. The zero-order chi connectivity index (χ0) is 63.3. The molecule has 0 saturated carbocycles. The number of unbranched alkanes of at least 4 members (excludes halogenated alkanes) is 6. The van der Waals surface area contributed by atoms with Crippen LogP contribution >= 0.6 is 0 Å². The van der Waals surface area contributed by atoms with Crippen LogP contribution in [0.5, 0.6) is 11.5 Å². The Balaban J connectivity index is 0.00000832. The van der Waals surface area contributed by atoms with Crippen LogP contribution in [-0.4, -0.2) is 43.1 Å². The number of hydrogen-bond acceptors (Lipinski definition) is 4. The number of nitrogens with zero attached hydrogens (tertiary/aromatic N) is 4. The van der Waals surface area contributed by atoms with Crippen LogP contribution < -0.4 is 19.4 Å². The zero-order valence-electron chi connectivity index (χ0n) is 54.9. The molecular formula is C82H84N8NiO2. The van der Waals surface area contributed by atoms with Crippen LogP contribution in [0.25, 0.3) is 90.9 Å². The van der Waals surface area contributed by atoms with Gasteiger partial charge in [-0.25, -0.2) is 9.97 Å². The van der Waals surface area contributed by atoms with E-state index in [1.165, 1.54) is 33.9 Å². The molecule has 0 radical (unpaired) electrons. The van der Waals surface area contributed by atoms with Crippen LogP contribution in [0.3, 0.4) is 0 Å². The third-order valence-electron chi connectivity index (χ3n) is 19.2. The van der Waals surface area contributed by atoms with Crippen LogP contribution in [0.1, 0.15) is 157 Å². The van der Waals surface area contributed by atoms with Gasteiger partial charge in [0.05, 0.1) is 36.0 Å². The van der Waals surface area contributed by atoms with Gasteiger partial charge in [-0.05, 0) is 222 Å². The van der Waals surface area contributed by atoms with Gasteiger partial charge in [0.15, 0.2) is 0 Å². The van der Waals surface area contributed by atoms with Crippen LogP contribution in [-0.2, 0) is 27.3 Å². The molecule has 9 heterocycles. The summed E-state index contributed by atoms with van der Waals surface area (Å²) in [6.07, 6.45) is 27.2. The Morgan fingerprint density at radius 3 is 1.00 bits per heavy atom. The molecule has 2 aliphatic heterocycles. The third kappa shape index (κ3) is 13.1. The van der Waals surface area contributed by atoms with Gasteiger partial charge >= 0.3 is 16.5 Å². The summed E-state index contributed by atoms with van der Waals surface area (Å²) in [5, 5.41) is 0. The number of aromatic nitrogens is 8. The van der Waals surface area contributed by atoms with Gasteiger partial charge in [-0.2, -0.15) is 0 Å². The van der Waals surface area contributed by atoms with Crippen molar-refractivity contribution in [1.82, 2.24) is 39.9 Å². The van der Waals surface area contributed by atoms with Gasteiger partial charge in [0, 0.05) is 69.5 Å². The van der Waals surface area contributed by atoms with Crippen LogP contribution in [0.15, 0.2) is 170 Å². The van der Waals surface area contributed by atoms with Crippen molar-refractivity contribution in [3.8, 4) is 56.0 Å². The molecule has 11 aromatic rings. The number of para-hydroxylation sites is 2. The molecular weight excluding hydrogens is 1190 g/mol. The fourth-order valence-electron chi connectivity index (χ4n) is 14.7. The van der Waals surface area contributed by atoms with E-state index in [0.717, 1.165) is 187 Å². The Bertz CT molecular complexity index is 4220. The Labute approximate surface area is 557 Å². The molecule has 0 saturated heterocycles. The smallest absolute Gasteiger partial charge is 0.657 e. The Morgan fingerprint density at radius 1 is 0.355 bits per heavy atom. The van der Waals surface area contributed by atoms with Gasteiger partial charge in [-0.1, -0.05) is 135 Å². The maximum Gasteiger partial charge on any atom is 2.00 e. The molecule has 0 amide bonds. The number of benzene rings is 4. The first kappa shape index (κ1) is 63.8. The van der Waals surface area contributed by atoms with Crippen molar-refractivity contribution in [3.05, 3.63) is 249 Å². The van der Waals surface area contributed by atoms with Gasteiger partial charge in [-0.15, -0.1) is 22.1 Å². The van der Waals surface area contributed by atoms with E-state index in [1.54, 1.807) is 0 Å². The molecule has 474 valence electrons. The second kappa shape index (κ2) is 27.9. The number of fused-ring (bicyclic) bond motifs is 8. The summed E-state index contributed by atoms with van der Waals surface area (Å²) in [5.41, 5.74) is 26.1. The average molecular weight is 1270 g/mol. The van der Waals surface area contributed by atoms with Gasteiger partial charge in [0.25, 0.3) is 0 Å². The number of nitrogens with one attached hydrogen (secondary N) is 4. The normalized spacial score (nSPS) is 12.2. The van der Waals surface area contributed by atoms with E-state index in [9.17, 15) is 0 Å². The van der Waals surface area contributed by atoms with E-state index in [4.69, 9.17) is 29.4 Å². The first-order valence-corrected chi connectivity index (χ1v) is 33.1. The van der Waals surface area contributed by atoms with Gasteiger partial charge in [-0.3, -0.25) is 0 Å². The number of aromatic amines is 4. The van der Waals surface area contributed by atoms with E-state index in [0.29, 0.717) is 13.2 Å². The molecule has 0 aliphatic carbocycles. The van der Waals surface area contributed by atoms with Crippen molar-refractivity contribution < 1.29 is 26.0 Å². The minimum atomic E-state index is -0.116. The van der Waals surface area contributed by atoms with Crippen molar-refractivity contribution in [2.75, 3.05) is 13.2 Å². The zero-order valence-corrected chi connectivity index (χ0v) is 55.9. The van der Waals surface area contributed by atoms with Gasteiger partial charge in [0.2, 0.25) is 0 Å². The predicted octanol–water partition coefficient (Wildman–Crippen LogP) is 20.4. The summed E-state index contributed by atoms with van der Waals surface area (Å²) in [4.78, 5) is 36.8. The standard InChI is InChI=1S/C82H84N8O2.Ni/c1-53-49-55(3)75(56(4)50-53)79-65-37-33-61(87-65)77(59-25-13-15-27-69(59)91-47-19-11-9-17-41-81(7,71-29-21-43-83-71)72-30-22-44-84-72)63-35-39-67(89-63)80(76-57(5)51-54(2)52-58(76)6)68-40-36-64(90-68)78(62-34-38-66(79)88-62)60-26-14-16-28-70(60)92-48-20-12-10-18-42-82(8,73-31-23-45-85-73)74-32-24-46-86-74;/h13-16,21-40,43-46,49-52,83-86H,9-12,17-20,41-42,47-48H2,1-8H3;/q-2;+2. The molecule has 7 aromatic heterocycles. The molecule has 10 nitrogen and oxygen atoms in total.